The van der Waals surface area contributed by atoms with Crippen LogP contribution in [-0.2, 0) is 0 Å². The lowest BCUT2D eigenvalue weighted by molar-refractivity contribution is 0.319. The van der Waals surface area contributed by atoms with Crippen molar-refractivity contribution in [3.8, 4) is 5.75 Å². The summed E-state index contributed by atoms with van der Waals surface area (Å²) in [6.07, 6.45) is 0.738. The lowest BCUT2D eigenvalue weighted by atomic mass is 10.2. The summed E-state index contributed by atoms with van der Waals surface area (Å²) in [6.45, 7) is 0.496. The minimum atomic E-state index is -0.515. The molecule has 1 heterocycles. The van der Waals surface area contributed by atoms with Crippen LogP contribution in [0.1, 0.15) is 6.42 Å². The zero-order chi connectivity index (χ0) is 12.3. The number of benzene rings is 1. The third kappa shape index (κ3) is 2.68. The summed E-state index contributed by atoms with van der Waals surface area (Å²) in [4.78, 5) is 27.3. The minimum absolute atomic E-state index is 0.396. The fraction of sp³-hybridized carbons (Fsp3) is 0.273. The van der Waals surface area contributed by atoms with Crippen molar-refractivity contribution < 1.29 is 4.74 Å². The zero-order valence-corrected chi connectivity index (χ0v) is 9.71. The van der Waals surface area contributed by atoms with Crippen LogP contribution in [0.25, 0.3) is 10.9 Å². The van der Waals surface area contributed by atoms with Crippen LogP contribution in [0.3, 0.4) is 0 Å². The van der Waals surface area contributed by atoms with Gasteiger partial charge in [0, 0.05) is 5.88 Å². The van der Waals surface area contributed by atoms with E-state index in [1.807, 2.05) is 0 Å². The Bertz CT molecular complexity index is 632. The van der Waals surface area contributed by atoms with E-state index in [9.17, 15) is 9.59 Å². The molecular weight excluding hydrogens is 244 g/mol. The molecule has 17 heavy (non-hydrogen) atoms. The van der Waals surface area contributed by atoms with Crippen molar-refractivity contribution in [1.82, 2.24) is 9.97 Å². The van der Waals surface area contributed by atoms with Gasteiger partial charge < -0.3 is 9.72 Å². The molecule has 2 rings (SSSR count). The Kier molecular flexibility index (Phi) is 3.49. The Hall–Kier alpha value is -1.75. The minimum Gasteiger partial charge on any atom is -0.494 e. The van der Waals surface area contributed by atoms with Gasteiger partial charge in [0.1, 0.15) is 5.75 Å². The quantitative estimate of drug-likeness (QED) is 0.636. The Morgan fingerprint density at radius 3 is 2.82 bits per heavy atom. The van der Waals surface area contributed by atoms with Gasteiger partial charge in [-0.2, -0.15) is 0 Å². The second kappa shape index (κ2) is 5.05. The first-order valence-corrected chi connectivity index (χ1v) is 5.69. The number of ether oxygens (including phenoxy) is 1. The van der Waals surface area contributed by atoms with Gasteiger partial charge in [0.2, 0.25) is 0 Å². The maximum absolute atomic E-state index is 11.5. The van der Waals surface area contributed by atoms with Gasteiger partial charge in [0.05, 0.1) is 17.5 Å². The highest BCUT2D eigenvalue weighted by Gasteiger charge is 2.02. The highest BCUT2D eigenvalue weighted by Crippen LogP contribution is 2.15. The molecule has 1 aromatic heterocycles. The maximum Gasteiger partial charge on any atom is 0.326 e. The third-order valence-corrected chi connectivity index (χ3v) is 2.52. The Labute approximate surface area is 101 Å². The van der Waals surface area contributed by atoms with Crippen molar-refractivity contribution in [3.05, 3.63) is 39.0 Å². The molecule has 0 amide bonds. The van der Waals surface area contributed by atoms with Gasteiger partial charge >= 0.3 is 5.69 Å². The second-order valence-corrected chi connectivity index (χ2v) is 3.88. The topological polar surface area (TPSA) is 74.9 Å². The van der Waals surface area contributed by atoms with E-state index in [0.717, 1.165) is 6.42 Å². The lowest BCUT2D eigenvalue weighted by Gasteiger charge is -2.05. The molecule has 2 N–H and O–H groups in total. The molecule has 0 radical (unpaired) electrons. The molecule has 0 atom stereocenters. The first kappa shape index (κ1) is 11.7. The first-order chi connectivity index (χ1) is 8.20. The molecular formula is C11H11ClN2O3. The number of aromatic amines is 2. The normalized spacial score (nSPS) is 10.6. The molecule has 90 valence electrons. The van der Waals surface area contributed by atoms with Crippen molar-refractivity contribution in [2.75, 3.05) is 12.5 Å². The molecule has 0 aliphatic carbocycles. The van der Waals surface area contributed by atoms with Crippen LogP contribution in [0, 0.1) is 0 Å². The van der Waals surface area contributed by atoms with E-state index in [1.54, 1.807) is 18.2 Å². The molecule has 0 spiro atoms. The number of rotatable bonds is 4. The molecule has 2 aromatic rings. The Morgan fingerprint density at radius 2 is 2.06 bits per heavy atom. The number of halogens is 1. The number of H-pyrrole nitrogens is 2. The number of nitrogens with one attached hydrogen (secondary N) is 2. The number of fused-ring (bicyclic) bond motifs is 1. The van der Waals surface area contributed by atoms with Crippen molar-refractivity contribution in [1.29, 1.82) is 0 Å². The summed E-state index contributed by atoms with van der Waals surface area (Å²) >= 11 is 5.53. The molecule has 1 aromatic carbocycles. The van der Waals surface area contributed by atoms with Crippen LogP contribution in [0.4, 0.5) is 0 Å². The SMILES string of the molecule is O=c1[nH]c(=O)c2cc(OCCCCl)ccc2[nH]1. The van der Waals surface area contributed by atoms with Gasteiger partial charge in [-0.25, -0.2) is 4.79 Å². The summed E-state index contributed by atoms with van der Waals surface area (Å²) in [5.41, 5.74) is -0.451. The molecule has 0 aliphatic rings. The van der Waals surface area contributed by atoms with E-state index in [2.05, 4.69) is 9.97 Å². The van der Waals surface area contributed by atoms with Gasteiger partial charge in [0.15, 0.2) is 0 Å². The van der Waals surface area contributed by atoms with Gasteiger partial charge in [-0.3, -0.25) is 9.78 Å². The van der Waals surface area contributed by atoms with E-state index in [-0.39, 0.29) is 0 Å². The van der Waals surface area contributed by atoms with Crippen LogP contribution in [0.2, 0.25) is 0 Å². The molecule has 0 aliphatic heterocycles. The summed E-state index contributed by atoms with van der Waals surface area (Å²) in [5, 5.41) is 0.396. The average Bonchev–Trinajstić information content (AvgIpc) is 2.30. The predicted octanol–water partition coefficient (Wildman–Crippen LogP) is 1.22. The summed E-state index contributed by atoms with van der Waals surface area (Å²) < 4.78 is 5.41. The van der Waals surface area contributed by atoms with Gasteiger partial charge in [-0.1, -0.05) is 0 Å². The molecule has 0 saturated heterocycles. The van der Waals surface area contributed by atoms with E-state index in [4.69, 9.17) is 16.3 Å². The smallest absolute Gasteiger partial charge is 0.326 e. The van der Waals surface area contributed by atoms with Crippen LogP contribution >= 0.6 is 11.6 Å². The largest absolute Gasteiger partial charge is 0.494 e. The van der Waals surface area contributed by atoms with Crippen LogP contribution < -0.4 is 16.0 Å². The number of aromatic nitrogens is 2. The second-order valence-electron chi connectivity index (χ2n) is 3.51. The standard InChI is InChI=1S/C11H11ClN2O3/c12-4-1-5-17-7-2-3-9-8(6-7)10(15)14-11(16)13-9/h2-3,6H,1,4-5H2,(H2,13,14,15,16). The lowest BCUT2D eigenvalue weighted by Crippen LogP contribution is -2.21. The molecule has 0 unspecified atom stereocenters. The maximum atomic E-state index is 11.5. The number of alkyl halides is 1. The summed E-state index contributed by atoms with van der Waals surface area (Å²) in [5.74, 6) is 1.11. The summed E-state index contributed by atoms with van der Waals surface area (Å²) in [6, 6.07) is 4.94. The predicted molar refractivity (Wildman–Crippen MR) is 66.0 cm³/mol. The molecule has 0 fully saturated rings. The number of hydrogen-bond acceptors (Lipinski definition) is 3. The van der Waals surface area contributed by atoms with E-state index in [0.29, 0.717) is 29.1 Å². The highest BCUT2D eigenvalue weighted by atomic mass is 35.5. The Balaban J connectivity index is 2.37. The van der Waals surface area contributed by atoms with E-state index in [1.165, 1.54) is 0 Å². The van der Waals surface area contributed by atoms with Crippen molar-refractivity contribution in [2.45, 2.75) is 6.42 Å². The van der Waals surface area contributed by atoms with Crippen LogP contribution in [-0.4, -0.2) is 22.5 Å². The highest BCUT2D eigenvalue weighted by molar-refractivity contribution is 6.17. The molecule has 0 bridgehead atoms. The van der Waals surface area contributed by atoms with Crippen LogP contribution in [0.15, 0.2) is 27.8 Å². The van der Waals surface area contributed by atoms with Crippen LogP contribution in [0.5, 0.6) is 5.75 Å². The van der Waals surface area contributed by atoms with Gasteiger partial charge in [0.25, 0.3) is 5.56 Å². The fourth-order valence-electron chi connectivity index (χ4n) is 1.48. The molecule has 6 heteroatoms. The molecule has 0 saturated carbocycles. The third-order valence-electron chi connectivity index (χ3n) is 2.26. The van der Waals surface area contributed by atoms with Crippen molar-refractivity contribution in [2.24, 2.45) is 0 Å². The average molecular weight is 255 g/mol. The number of hydrogen-bond donors (Lipinski definition) is 2. The zero-order valence-electron chi connectivity index (χ0n) is 8.96. The Morgan fingerprint density at radius 1 is 1.24 bits per heavy atom. The van der Waals surface area contributed by atoms with Crippen molar-refractivity contribution in [3.63, 3.8) is 0 Å². The monoisotopic (exact) mass is 254 g/mol. The van der Waals surface area contributed by atoms with E-state index >= 15 is 0 Å². The fourth-order valence-corrected chi connectivity index (χ4v) is 1.59. The summed E-state index contributed by atoms with van der Waals surface area (Å²) in [7, 11) is 0. The van der Waals surface area contributed by atoms with Gasteiger partial charge in [-0.05, 0) is 24.6 Å². The first-order valence-electron chi connectivity index (χ1n) is 5.16. The van der Waals surface area contributed by atoms with E-state index < -0.39 is 11.2 Å². The van der Waals surface area contributed by atoms with Gasteiger partial charge in [-0.15, -0.1) is 11.6 Å². The molecule has 5 nitrogen and oxygen atoms in total. The van der Waals surface area contributed by atoms with Crippen molar-refractivity contribution >= 4 is 22.5 Å².